The summed E-state index contributed by atoms with van der Waals surface area (Å²) < 4.78 is 1.14. The molecule has 3 rings (SSSR count). The van der Waals surface area contributed by atoms with Gasteiger partial charge in [-0.15, -0.1) is 0 Å². The van der Waals surface area contributed by atoms with Crippen LogP contribution in [0.4, 0.5) is 5.69 Å². The van der Waals surface area contributed by atoms with Crippen molar-refractivity contribution in [3.63, 3.8) is 0 Å². The van der Waals surface area contributed by atoms with Gasteiger partial charge in [0.25, 0.3) is 0 Å². The summed E-state index contributed by atoms with van der Waals surface area (Å²) in [6, 6.07) is 13.9. The van der Waals surface area contributed by atoms with Gasteiger partial charge >= 0.3 is 0 Å². The van der Waals surface area contributed by atoms with Gasteiger partial charge in [-0.1, -0.05) is 41.9 Å². The lowest BCUT2D eigenvalue weighted by Gasteiger charge is -2.36. The van der Waals surface area contributed by atoms with Gasteiger partial charge < -0.3 is 10.2 Å². The second-order valence-corrected chi connectivity index (χ2v) is 7.32. The van der Waals surface area contributed by atoms with Gasteiger partial charge in [0.05, 0.1) is 0 Å². The van der Waals surface area contributed by atoms with Crippen LogP contribution in [0.2, 0.25) is 0 Å². The van der Waals surface area contributed by atoms with E-state index in [9.17, 15) is 0 Å². The number of fused-ring (bicyclic) bond motifs is 1. The van der Waals surface area contributed by atoms with Gasteiger partial charge in [-0.3, -0.25) is 0 Å². The average molecular weight is 347 g/mol. The fourth-order valence-corrected chi connectivity index (χ4v) is 3.57. The van der Waals surface area contributed by atoms with Crippen LogP contribution in [0.25, 0.3) is 10.8 Å². The number of nitrogens with one attached hydrogen (secondary N) is 1. The van der Waals surface area contributed by atoms with Crippen molar-refractivity contribution in [1.82, 2.24) is 5.32 Å². The molecule has 0 aromatic heterocycles. The molecule has 1 aliphatic rings. The van der Waals surface area contributed by atoms with Gasteiger partial charge in [0.1, 0.15) is 0 Å². The third kappa shape index (κ3) is 3.58. The third-order valence-corrected chi connectivity index (χ3v) is 4.66. The Morgan fingerprint density at radius 1 is 1.19 bits per heavy atom. The Bertz CT molecular complexity index is 624. The highest BCUT2D eigenvalue weighted by Gasteiger charge is 2.20. The SMILES string of the molecule is CC(C)CC1CN(c2ccc3cc(Br)ccc3c2)CCN1. The van der Waals surface area contributed by atoms with Gasteiger partial charge in [0.2, 0.25) is 0 Å². The van der Waals surface area contributed by atoms with E-state index in [1.165, 1.54) is 22.9 Å². The summed E-state index contributed by atoms with van der Waals surface area (Å²) in [6.45, 7) is 7.88. The highest BCUT2D eigenvalue weighted by atomic mass is 79.9. The molecule has 2 nitrogen and oxygen atoms in total. The molecule has 21 heavy (non-hydrogen) atoms. The third-order valence-electron chi connectivity index (χ3n) is 4.16. The summed E-state index contributed by atoms with van der Waals surface area (Å²) in [7, 11) is 0. The molecule has 2 aromatic carbocycles. The van der Waals surface area contributed by atoms with Gasteiger partial charge in [0.15, 0.2) is 0 Å². The standard InChI is InChI=1S/C18H23BrN2/c1-13(2)9-17-12-21(8-7-20-17)18-6-4-14-10-16(19)5-3-15(14)11-18/h3-6,10-11,13,17,20H,7-9,12H2,1-2H3. The molecule has 1 fully saturated rings. The number of hydrogen-bond acceptors (Lipinski definition) is 2. The maximum Gasteiger partial charge on any atom is 0.0373 e. The van der Waals surface area contributed by atoms with Crippen molar-refractivity contribution >= 4 is 32.4 Å². The summed E-state index contributed by atoms with van der Waals surface area (Å²) in [4.78, 5) is 2.52. The van der Waals surface area contributed by atoms with Crippen LogP contribution in [0, 0.1) is 5.92 Å². The van der Waals surface area contributed by atoms with E-state index < -0.39 is 0 Å². The van der Waals surface area contributed by atoms with E-state index >= 15 is 0 Å². The zero-order chi connectivity index (χ0) is 14.8. The average Bonchev–Trinajstić information content (AvgIpc) is 2.46. The molecule has 112 valence electrons. The maximum atomic E-state index is 3.65. The smallest absolute Gasteiger partial charge is 0.0373 e. The molecule has 1 atom stereocenters. The van der Waals surface area contributed by atoms with Crippen LogP contribution in [0.5, 0.6) is 0 Å². The van der Waals surface area contributed by atoms with Crippen molar-refractivity contribution in [3.8, 4) is 0 Å². The molecule has 1 N–H and O–H groups in total. The minimum atomic E-state index is 0.611. The second kappa shape index (κ2) is 6.37. The maximum absolute atomic E-state index is 3.65. The zero-order valence-corrected chi connectivity index (χ0v) is 14.4. The Hall–Kier alpha value is -1.06. The molecule has 1 aliphatic heterocycles. The number of benzene rings is 2. The summed E-state index contributed by atoms with van der Waals surface area (Å²) in [6.07, 6.45) is 1.25. The van der Waals surface area contributed by atoms with E-state index in [4.69, 9.17) is 0 Å². The van der Waals surface area contributed by atoms with Crippen molar-refractivity contribution < 1.29 is 0 Å². The summed E-state index contributed by atoms with van der Waals surface area (Å²) in [5, 5.41) is 6.25. The molecule has 0 radical (unpaired) electrons. The monoisotopic (exact) mass is 346 g/mol. The van der Waals surface area contributed by atoms with Crippen LogP contribution in [-0.2, 0) is 0 Å². The minimum Gasteiger partial charge on any atom is -0.369 e. The van der Waals surface area contributed by atoms with Crippen LogP contribution in [0.3, 0.4) is 0 Å². The minimum absolute atomic E-state index is 0.611. The predicted molar refractivity (Wildman–Crippen MR) is 95.1 cm³/mol. The number of hydrogen-bond donors (Lipinski definition) is 1. The predicted octanol–water partition coefficient (Wildman–Crippen LogP) is 4.43. The largest absolute Gasteiger partial charge is 0.369 e. The first-order chi connectivity index (χ1) is 10.1. The Kier molecular flexibility index (Phi) is 4.51. The molecule has 0 bridgehead atoms. The van der Waals surface area contributed by atoms with Crippen molar-refractivity contribution in [3.05, 3.63) is 40.9 Å². The summed E-state index contributed by atoms with van der Waals surface area (Å²) in [5.74, 6) is 0.747. The van der Waals surface area contributed by atoms with E-state index in [0.29, 0.717) is 6.04 Å². The van der Waals surface area contributed by atoms with Crippen LogP contribution < -0.4 is 10.2 Å². The lowest BCUT2D eigenvalue weighted by molar-refractivity contribution is 0.388. The summed E-state index contributed by atoms with van der Waals surface area (Å²) in [5.41, 5.74) is 1.35. The number of rotatable bonds is 3. The van der Waals surface area contributed by atoms with Crippen LogP contribution in [0.15, 0.2) is 40.9 Å². The van der Waals surface area contributed by atoms with E-state index in [1.54, 1.807) is 0 Å². The molecule has 1 heterocycles. The number of nitrogens with zero attached hydrogens (tertiary/aromatic N) is 1. The van der Waals surface area contributed by atoms with Crippen molar-refractivity contribution in [1.29, 1.82) is 0 Å². The van der Waals surface area contributed by atoms with Crippen LogP contribution >= 0.6 is 15.9 Å². The van der Waals surface area contributed by atoms with Gasteiger partial charge in [-0.05, 0) is 47.4 Å². The quantitative estimate of drug-likeness (QED) is 0.884. The molecule has 0 amide bonds. The first-order valence-electron chi connectivity index (χ1n) is 7.79. The Balaban J connectivity index is 1.81. The second-order valence-electron chi connectivity index (χ2n) is 6.40. The van der Waals surface area contributed by atoms with Crippen molar-refractivity contribution in [2.45, 2.75) is 26.3 Å². The van der Waals surface area contributed by atoms with Crippen molar-refractivity contribution in [2.24, 2.45) is 5.92 Å². The van der Waals surface area contributed by atoms with Crippen LogP contribution in [0.1, 0.15) is 20.3 Å². The number of anilines is 1. The van der Waals surface area contributed by atoms with Crippen LogP contribution in [-0.4, -0.2) is 25.7 Å². The molecule has 0 spiro atoms. The van der Waals surface area contributed by atoms with E-state index in [-0.39, 0.29) is 0 Å². The summed E-state index contributed by atoms with van der Waals surface area (Å²) >= 11 is 3.54. The molecule has 1 unspecified atom stereocenters. The fourth-order valence-electron chi connectivity index (χ4n) is 3.19. The molecular formula is C18H23BrN2. The molecule has 3 heteroatoms. The molecule has 1 saturated heterocycles. The highest BCUT2D eigenvalue weighted by molar-refractivity contribution is 9.10. The van der Waals surface area contributed by atoms with E-state index in [1.807, 2.05) is 0 Å². The number of piperazine rings is 1. The van der Waals surface area contributed by atoms with Gasteiger partial charge in [-0.25, -0.2) is 0 Å². The lowest BCUT2D eigenvalue weighted by atomic mass is 10.0. The fraction of sp³-hybridized carbons (Fsp3) is 0.444. The molecule has 0 aliphatic carbocycles. The molecule has 2 aromatic rings. The van der Waals surface area contributed by atoms with E-state index in [2.05, 4.69) is 76.4 Å². The molecule has 0 saturated carbocycles. The Morgan fingerprint density at radius 3 is 2.76 bits per heavy atom. The zero-order valence-electron chi connectivity index (χ0n) is 12.8. The van der Waals surface area contributed by atoms with Crippen molar-refractivity contribution in [2.75, 3.05) is 24.5 Å². The normalized spacial score (nSPS) is 19.4. The molecular weight excluding hydrogens is 324 g/mol. The van der Waals surface area contributed by atoms with Gasteiger partial charge in [-0.2, -0.15) is 0 Å². The number of halogens is 1. The lowest BCUT2D eigenvalue weighted by Crippen LogP contribution is -2.51. The first-order valence-corrected chi connectivity index (χ1v) is 8.59. The highest BCUT2D eigenvalue weighted by Crippen LogP contribution is 2.26. The van der Waals surface area contributed by atoms with E-state index in [0.717, 1.165) is 30.0 Å². The Labute approximate surface area is 135 Å². The van der Waals surface area contributed by atoms with Gasteiger partial charge in [0, 0.05) is 35.8 Å². The first kappa shape index (κ1) is 14.9. The Morgan fingerprint density at radius 2 is 1.95 bits per heavy atom. The topological polar surface area (TPSA) is 15.3 Å².